The van der Waals surface area contributed by atoms with Crippen molar-refractivity contribution in [3.05, 3.63) is 18.0 Å². The SMILES string of the molecule is Cn1cc(C(NC(=O)NCCCNC2CC2)C(=O)O)cn1. The van der Waals surface area contributed by atoms with E-state index in [4.69, 9.17) is 0 Å². The van der Waals surface area contributed by atoms with Crippen LogP contribution in [-0.2, 0) is 11.8 Å². The molecule has 1 aromatic rings. The van der Waals surface area contributed by atoms with Crippen molar-refractivity contribution < 1.29 is 14.7 Å². The Morgan fingerprint density at radius 1 is 1.48 bits per heavy atom. The van der Waals surface area contributed by atoms with Crippen molar-refractivity contribution in [2.24, 2.45) is 7.05 Å². The number of carbonyl (C=O) groups excluding carboxylic acids is 1. The summed E-state index contributed by atoms with van der Waals surface area (Å²) in [5.41, 5.74) is 0.440. The van der Waals surface area contributed by atoms with E-state index in [-0.39, 0.29) is 0 Å². The molecule has 116 valence electrons. The minimum absolute atomic E-state index is 0.440. The molecule has 1 fully saturated rings. The van der Waals surface area contributed by atoms with Gasteiger partial charge in [0.25, 0.3) is 0 Å². The fraction of sp³-hybridized carbons (Fsp3) is 0.615. The summed E-state index contributed by atoms with van der Waals surface area (Å²) in [5, 5.41) is 21.5. The molecule has 0 aromatic carbocycles. The number of carboxylic acid groups (broad SMARTS) is 1. The van der Waals surface area contributed by atoms with Crippen molar-refractivity contribution >= 4 is 12.0 Å². The van der Waals surface area contributed by atoms with Crippen LogP contribution in [0.25, 0.3) is 0 Å². The van der Waals surface area contributed by atoms with Gasteiger partial charge < -0.3 is 21.1 Å². The highest BCUT2D eigenvalue weighted by molar-refractivity contribution is 5.83. The summed E-state index contributed by atoms with van der Waals surface area (Å²) in [7, 11) is 1.69. The Hall–Kier alpha value is -2.09. The van der Waals surface area contributed by atoms with Crippen LogP contribution in [0.4, 0.5) is 4.79 Å². The summed E-state index contributed by atoms with van der Waals surface area (Å²) >= 11 is 0. The average Bonchev–Trinajstić information content (AvgIpc) is 3.16. The molecule has 1 atom stereocenters. The van der Waals surface area contributed by atoms with Gasteiger partial charge in [-0.3, -0.25) is 4.68 Å². The first-order chi connectivity index (χ1) is 10.1. The molecule has 0 saturated heterocycles. The van der Waals surface area contributed by atoms with Crippen molar-refractivity contribution in [2.45, 2.75) is 31.3 Å². The number of rotatable bonds is 8. The van der Waals surface area contributed by atoms with Gasteiger partial charge in [0.05, 0.1) is 6.20 Å². The van der Waals surface area contributed by atoms with E-state index < -0.39 is 18.0 Å². The number of aliphatic carboxylic acids is 1. The molecule has 8 nitrogen and oxygen atoms in total. The molecule has 2 amide bonds. The Balaban J connectivity index is 1.71. The molecular formula is C13H21N5O3. The van der Waals surface area contributed by atoms with Gasteiger partial charge in [0, 0.05) is 31.4 Å². The van der Waals surface area contributed by atoms with E-state index in [1.165, 1.54) is 23.7 Å². The first-order valence-electron chi connectivity index (χ1n) is 7.05. The molecule has 1 aliphatic carbocycles. The maximum atomic E-state index is 11.7. The third-order valence-corrected chi connectivity index (χ3v) is 3.23. The monoisotopic (exact) mass is 295 g/mol. The van der Waals surface area contributed by atoms with Gasteiger partial charge in [0.15, 0.2) is 6.04 Å². The molecule has 0 aliphatic heterocycles. The summed E-state index contributed by atoms with van der Waals surface area (Å²) < 4.78 is 1.49. The Morgan fingerprint density at radius 3 is 2.81 bits per heavy atom. The van der Waals surface area contributed by atoms with E-state index in [0.29, 0.717) is 18.2 Å². The van der Waals surface area contributed by atoms with Crippen molar-refractivity contribution in [3.63, 3.8) is 0 Å². The highest BCUT2D eigenvalue weighted by Crippen LogP contribution is 2.18. The van der Waals surface area contributed by atoms with Gasteiger partial charge in [-0.1, -0.05) is 0 Å². The second-order valence-electron chi connectivity index (χ2n) is 5.20. The topological polar surface area (TPSA) is 108 Å². The Kier molecular flexibility index (Phi) is 5.15. The standard InChI is InChI=1S/C13H21N5O3/c1-18-8-9(7-16-18)11(12(19)20)17-13(21)15-6-2-5-14-10-3-4-10/h7-8,10-11,14H,2-6H2,1H3,(H,19,20)(H2,15,17,21). The Morgan fingerprint density at radius 2 is 2.24 bits per heavy atom. The van der Waals surface area contributed by atoms with Gasteiger partial charge in [0.1, 0.15) is 0 Å². The number of urea groups is 1. The molecule has 0 bridgehead atoms. The normalized spacial score (nSPS) is 15.5. The number of carboxylic acids is 1. The summed E-state index contributed by atoms with van der Waals surface area (Å²) in [6, 6.07) is -0.929. The van der Waals surface area contributed by atoms with Crippen LogP contribution in [0.3, 0.4) is 0 Å². The van der Waals surface area contributed by atoms with Crippen LogP contribution < -0.4 is 16.0 Å². The second-order valence-corrected chi connectivity index (χ2v) is 5.20. The van der Waals surface area contributed by atoms with Gasteiger partial charge in [-0.2, -0.15) is 5.10 Å². The molecule has 21 heavy (non-hydrogen) atoms. The van der Waals surface area contributed by atoms with Crippen LogP contribution in [0.5, 0.6) is 0 Å². The van der Waals surface area contributed by atoms with E-state index in [1.54, 1.807) is 13.2 Å². The van der Waals surface area contributed by atoms with E-state index in [0.717, 1.165) is 13.0 Å². The number of hydrogen-bond acceptors (Lipinski definition) is 4. The molecule has 1 heterocycles. The third-order valence-electron chi connectivity index (χ3n) is 3.23. The number of aromatic nitrogens is 2. The predicted octanol–water partition coefficient (Wildman–Crippen LogP) is -0.0129. The average molecular weight is 295 g/mol. The van der Waals surface area contributed by atoms with Gasteiger partial charge in [-0.05, 0) is 25.8 Å². The molecule has 0 spiro atoms. The lowest BCUT2D eigenvalue weighted by atomic mass is 10.1. The number of nitrogens with zero attached hydrogens (tertiary/aromatic N) is 2. The molecule has 1 saturated carbocycles. The van der Waals surface area contributed by atoms with Crippen LogP contribution in [0.1, 0.15) is 30.9 Å². The first-order valence-corrected chi connectivity index (χ1v) is 7.05. The molecule has 0 radical (unpaired) electrons. The zero-order valence-corrected chi connectivity index (χ0v) is 12.0. The van der Waals surface area contributed by atoms with Crippen LogP contribution in [0.2, 0.25) is 0 Å². The van der Waals surface area contributed by atoms with E-state index in [9.17, 15) is 14.7 Å². The highest BCUT2D eigenvalue weighted by atomic mass is 16.4. The summed E-state index contributed by atoms with van der Waals surface area (Å²) in [6.07, 6.45) is 6.28. The van der Waals surface area contributed by atoms with Crippen LogP contribution in [0, 0.1) is 0 Å². The van der Waals surface area contributed by atoms with E-state index in [2.05, 4.69) is 21.0 Å². The molecular weight excluding hydrogens is 274 g/mol. The molecule has 1 aliphatic rings. The number of nitrogens with one attached hydrogen (secondary N) is 3. The van der Waals surface area contributed by atoms with Gasteiger partial charge in [0.2, 0.25) is 0 Å². The largest absolute Gasteiger partial charge is 0.479 e. The lowest BCUT2D eigenvalue weighted by molar-refractivity contribution is -0.139. The van der Waals surface area contributed by atoms with Gasteiger partial charge in [-0.15, -0.1) is 0 Å². The predicted molar refractivity (Wildman–Crippen MR) is 75.8 cm³/mol. The summed E-state index contributed by atoms with van der Waals surface area (Å²) in [5.74, 6) is -1.12. The lowest BCUT2D eigenvalue weighted by Gasteiger charge is -2.13. The van der Waals surface area contributed by atoms with Gasteiger partial charge >= 0.3 is 12.0 Å². The number of carbonyl (C=O) groups is 2. The third kappa shape index (κ3) is 5.07. The van der Waals surface area contributed by atoms with Gasteiger partial charge in [-0.25, -0.2) is 9.59 Å². The number of hydrogen-bond donors (Lipinski definition) is 4. The van der Waals surface area contributed by atoms with Crippen molar-refractivity contribution in [2.75, 3.05) is 13.1 Å². The minimum Gasteiger partial charge on any atom is -0.479 e. The van der Waals surface area contributed by atoms with Crippen molar-refractivity contribution in [3.8, 4) is 0 Å². The Bertz CT molecular complexity index is 498. The van der Waals surface area contributed by atoms with E-state index in [1.807, 2.05) is 0 Å². The smallest absolute Gasteiger partial charge is 0.331 e. The van der Waals surface area contributed by atoms with Crippen LogP contribution in [0.15, 0.2) is 12.4 Å². The fourth-order valence-corrected chi connectivity index (χ4v) is 1.94. The minimum atomic E-state index is -1.12. The molecule has 8 heteroatoms. The zero-order chi connectivity index (χ0) is 15.2. The lowest BCUT2D eigenvalue weighted by Crippen LogP contribution is -2.41. The zero-order valence-electron chi connectivity index (χ0n) is 12.0. The Labute approximate surface area is 122 Å². The van der Waals surface area contributed by atoms with E-state index >= 15 is 0 Å². The second kappa shape index (κ2) is 7.07. The highest BCUT2D eigenvalue weighted by Gasteiger charge is 2.23. The number of aryl methyl sites for hydroxylation is 1. The van der Waals surface area contributed by atoms with Crippen molar-refractivity contribution in [1.82, 2.24) is 25.7 Å². The van der Waals surface area contributed by atoms with Crippen LogP contribution >= 0.6 is 0 Å². The van der Waals surface area contributed by atoms with Crippen molar-refractivity contribution in [1.29, 1.82) is 0 Å². The quantitative estimate of drug-likeness (QED) is 0.504. The fourth-order valence-electron chi connectivity index (χ4n) is 1.94. The molecule has 2 rings (SSSR count). The maximum Gasteiger partial charge on any atom is 0.331 e. The summed E-state index contributed by atoms with van der Waals surface area (Å²) in [4.78, 5) is 22.9. The number of amides is 2. The molecule has 1 unspecified atom stereocenters. The van der Waals surface area contributed by atoms with Crippen LogP contribution in [-0.4, -0.2) is 46.0 Å². The molecule has 1 aromatic heterocycles. The summed E-state index contributed by atoms with van der Waals surface area (Å²) in [6.45, 7) is 1.36. The molecule has 4 N–H and O–H groups in total. The maximum absolute atomic E-state index is 11.7. The first kappa shape index (κ1) is 15.3.